The van der Waals surface area contributed by atoms with Crippen molar-refractivity contribution in [2.45, 2.75) is 45.4 Å². The highest BCUT2D eigenvalue weighted by molar-refractivity contribution is 5.69. The SMILES string of the molecule is CCCCC(=O)OCCCNCCCCN(C)C. The van der Waals surface area contributed by atoms with E-state index in [1.807, 2.05) is 0 Å². The number of nitrogens with one attached hydrogen (secondary N) is 1. The summed E-state index contributed by atoms with van der Waals surface area (Å²) in [7, 11) is 4.20. The number of ether oxygens (including phenoxy) is 1. The molecule has 0 bridgehead atoms. The second-order valence-electron chi connectivity index (χ2n) is 4.94. The number of nitrogens with zero attached hydrogens (tertiary/aromatic N) is 1. The smallest absolute Gasteiger partial charge is 0.305 e. The van der Waals surface area contributed by atoms with Gasteiger partial charge in [-0.15, -0.1) is 0 Å². The zero-order chi connectivity index (χ0) is 13.6. The summed E-state index contributed by atoms with van der Waals surface area (Å²) in [6.07, 6.45) is 5.88. The zero-order valence-corrected chi connectivity index (χ0v) is 12.3. The predicted molar refractivity (Wildman–Crippen MR) is 75.8 cm³/mol. The third-order valence-corrected chi connectivity index (χ3v) is 2.70. The lowest BCUT2D eigenvalue weighted by Crippen LogP contribution is -2.20. The van der Waals surface area contributed by atoms with E-state index in [4.69, 9.17) is 4.74 Å². The Morgan fingerprint density at radius 1 is 1.11 bits per heavy atom. The largest absolute Gasteiger partial charge is 0.466 e. The molecule has 0 aromatic carbocycles. The quantitative estimate of drug-likeness (QED) is 0.430. The molecule has 18 heavy (non-hydrogen) atoms. The first-order valence-corrected chi connectivity index (χ1v) is 7.18. The second-order valence-corrected chi connectivity index (χ2v) is 4.94. The average Bonchev–Trinajstić information content (AvgIpc) is 2.34. The molecule has 0 spiro atoms. The average molecular weight is 258 g/mol. The maximum atomic E-state index is 11.2. The van der Waals surface area contributed by atoms with Crippen LogP contribution in [0.25, 0.3) is 0 Å². The first kappa shape index (κ1) is 17.4. The fourth-order valence-electron chi connectivity index (χ4n) is 1.58. The van der Waals surface area contributed by atoms with Crippen LogP contribution in [0.15, 0.2) is 0 Å². The normalized spacial score (nSPS) is 10.9. The molecule has 0 saturated heterocycles. The van der Waals surface area contributed by atoms with Gasteiger partial charge < -0.3 is 15.0 Å². The number of rotatable bonds is 12. The van der Waals surface area contributed by atoms with E-state index in [-0.39, 0.29) is 5.97 Å². The summed E-state index contributed by atoms with van der Waals surface area (Å²) in [6, 6.07) is 0. The fraction of sp³-hybridized carbons (Fsp3) is 0.929. The van der Waals surface area contributed by atoms with Gasteiger partial charge in [0.2, 0.25) is 0 Å². The Labute approximate surface area is 112 Å². The summed E-state index contributed by atoms with van der Waals surface area (Å²) in [5.74, 6) is -0.0529. The van der Waals surface area contributed by atoms with E-state index in [0.717, 1.165) is 38.9 Å². The summed E-state index contributed by atoms with van der Waals surface area (Å²) >= 11 is 0. The maximum Gasteiger partial charge on any atom is 0.305 e. The summed E-state index contributed by atoms with van der Waals surface area (Å²) in [4.78, 5) is 13.4. The van der Waals surface area contributed by atoms with Crippen molar-refractivity contribution in [2.75, 3.05) is 40.3 Å². The van der Waals surface area contributed by atoms with Gasteiger partial charge in [-0.1, -0.05) is 13.3 Å². The molecule has 0 aromatic rings. The lowest BCUT2D eigenvalue weighted by molar-refractivity contribution is -0.143. The van der Waals surface area contributed by atoms with E-state index in [9.17, 15) is 4.79 Å². The van der Waals surface area contributed by atoms with Gasteiger partial charge in [0, 0.05) is 6.42 Å². The van der Waals surface area contributed by atoms with Crippen LogP contribution >= 0.6 is 0 Å². The third-order valence-electron chi connectivity index (χ3n) is 2.70. The van der Waals surface area contributed by atoms with E-state index >= 15 is 0 Å². The van der Waals surface area contributed by atoms with Gasteiger partial charge in [-0.05, 0) is 59.4 Å². The zero-order valence-electron chi connectivity index (χ0n) is 12.3. The Morgan fingerprint density at radius 3 is 2.50 bits per heavy atom. The Kier molecular flexibility index (Phi) is 12.4. The van der Waals surface area contributed by atoms with Gasteiger partial charge in [0.25, 0.3) is 0 Å². The summed E-state index contributed by atoms with van der Waals surface area (Å²) in [5, 5.41) is 3.37. The van der Waals surface area contributed by atoms with Crippen molar-refractivity contribution >= 4 is 5.97 Å². The number of carbonyl (C=O) groups is 1. The van der Waals surface area contributed by atoms with Crippen LogP contribution in [-0.2, 0) is 9.53 Å². The lowest BCUT2D eigenvalue weighted by Gasteiger charge is -2.09. The minimum absolute atomic E-state index is 0.0529. The Bertz CT molecular complexity index is 196. The van der Waals surface area contributed by atoms with E-state index in [1.54, 1.807) is 0 Å². The van der Waals surface area contributed by atoms with Crippen LogP contribution in [0.3, 0.4) is 0 Å². The predicted octanol–water partition coefficient (Wildman–Crippen LogP) is 2.04. The number of hydrogen-bond donors (Lipinski definition) is 1. The monoisotopic (exact) mass is 258 g/mol. The molecule has 0 amide bonds. The number of unbranched alkanes of at least 4 members (excludes halogenated alkanes) is 2. The molecule has 0 unspecified atom stereocenters. The van der Waals surface area contributed by atoms with Gasteiger partial charge in [-0.2, -0.15) is 0 Å². The Morgan fingerprint density at radius 2 is 1.83 bits per heavy atom. The molecular weight excluding hydrogens is 228 g/mol. The molecule has 0 radical (unpaired) electrons. The number of esters is 1. The minimum Gasteiger partial charge on any atom is -0.466 e. The molecule has 0 rings (SSSR count). The topological polar surface area (TPSA) is 41.6 Å². The van der Waals surface area contributed by atoms with Gasteiger partial charge in [-0.3, -0.25) is 4.79 Å². The standard InChI is InChI=1S/C14H30N2O2/c1-4-5-9-14(17)18-13-8-11-15-10-6-7-12-16(2)3/h15H,4-13H2,1-3H3. The van der Waals surface area contributed by atoms with E-state index in [0.29, 0.717) is 13.0 Å². The van der Waals surface area contributed by atoms with Crippen molar-refractivity contribution in [3.05, 3.63) is 0 Å². The molecule has 4 heteroatoms. The van der Waals surface area contributed by atoms with Crippen molar-refractivity contribution in [1.29, 1.82) is 0 Å². The van der Waals surface area contributed by atoms with Crippen LogP contribution in [0.2, 0.25) is 0 Å². The summed E-state index contributed by atoms with van der Waals surface area (Å²) in [6.45, 7) is 5.76. The van der Waals surface area contributed by atoms with Crippen molar-refractivity contribution in [3.63, 3.8) is 0 Å². The summed E-state index contributed by atoms with van der Waals surface area (Å²) in [5.41, 5.74) is 0. The molecule has 0 aliphatic rings. The van der Waals surface area contributed by atoms with Crippen LogP contribution in [-0.4, -0.2) is 51.2 Å². The van der Waals surface area contributed by atoms with Crippen LogP contribution in [0.5, 0.6) is 0 Å². The molecular formula is C14H30N2O2. The van der Waals surface area contributed by atoms with Crippen LogP contribution in [0.4, 0.5) is 0 Å². The van der Waals surface area contributed by atoms with E-state index in [2.05, 4.69) is 31.2 Å². The number of hydrogen-bond acceptors (Lipinski definition) is 4. The highest BCUT2D eigenvalue weighted by Gasteiger charge is 2.00. The van der Waals surface area contributed by atoms with Crippen molar-refractivity contribution in [3.8, 4) is 0 Å². The van der Waals surface area contributed by atoms with Crippen molar-refractivity contribution in [2.24, 2.45) is 0 Å². The maximum absolute atomic E-state index is 11.2. The molecule has 0 aliphatic heterocycles. The van der Waals surface area contributed by atoms with Crippen LogP contribution in [0, 0.1) is 0 Å². The van der Waals surface area contributed by atoms with Crippen molar-refractivity contribution < 1.29 is 9.53 Å². The van der Waals surface area contributed by atoms with Crippen molar-refractivity contribution in [1.82, 2.24) is 10.2 Å². The van der Waals surface area contributed by atoms with Gasteiger partial charge >= 0.3 is 5.97 Å². The molecule has 0 aliphatic carbocycles. The fourth-order valence-corrected chi connectivity index (χ4v) is 1.58. The first-order valence-electron chi connectivity index (χ1n) is 7.18. The van der Waals surface area contributed by atoms with Gasteiger partial charge in [-0.25, -0.2) is 0 Å². The van der Waals surface area contributed by atoms with E-state index in [1.165, 1.54) is 12.8 Å². The summed E-state index contributed by atoms with van der Waals surface area (Å²) < 4.78 is 5.12. The Balaban J connectivity index is 3.09. The molecule has 0 heterocycles. The highest BCUT2D eigenvalue weighted by atomic mass is 16.5. The molecule has 108 valence electrons. The van der Waals surface area contributed by atoms with Gasteiger partial charge in [0.1, 0.15) is 0 Å². The second kappa shape index (κ2) is 12.8. The molecule has 1 N–H and O–H groups in total. The number of carbonyl (C=O) groups excluding carboxylic acids is 1. The van der Waals surface area contributed by atoms with Crippen LogP contribution in [0.1, 0.15) is 45.4 Å². The third kappa shape index (κ3) is 13.5. The van der Waals surface area contributed by atoms with Crippen LogP contribution < -0.4 is 5.32 Å². The molecule has 4 nitrogen and oxygen atoms in total. The molecule has 0 atom stereocenters. The molecule has 0 saturated carbocycles. The first-order chi connectivity index (χ1) is 8.66. The van der Waals surface area contributed by atoms with E-state index < -0.39 is 0 Å². The molecule has 0 aromatic heterocycles. The van der Waals surface area contributed by atoms with Gasteiger partial charge in [0.15, 0.2) is 0 Å². The molecule has 0 fully saturated rings. The Hall–Kier alpha value is -0.610. The minimum atomic E-state index is -0.0529. The highest BCUT2D eigenvalue weighted by Crippen LogP contribution is 1.96. The van der Waals surface area contributed by atoms with Gasteiger partial charge in [0.05, 0.1) is 6.61 Å². The lowest BCUT2D eigenvalue weighted by atomic mass is 10.2.